The molecule has 0 bridgehead atoms. The Hall–Kier alpha value is -3.65. The number of anilines is 1. The van der Waals surface area contributed by atoms with Gasteiger partial charge in [0.05, 0.1) is 16.6 Å². The molecule has 176 valence electrons. The summed E-state index contributed by atoms with van der Waals surface area (Å²) in [5, 5.41) is 7.63. The molecule has 1 aromatic heterocycles. The Kier molecular flexibility index (Phi) is 5.95. The van der Waals surface area contributed by atoms with E-state index in [4.69, 9.17) is 4.74 Å². The van der Waals surface area contributed by atoms with E-state index in [0.29, 0.717) is 16.6 Å². The van der Waals surface area contributed by atoms with Gasteiger partial charge in [-0.3, -0.25) is 5.32 Å². The first-order valence-corrected chi connectivity index (χ1v) is 12.3. The van der Waals surface area contributed by atoms with Crippen LogP contribution in [-0.4, -0.2) is 29.3 Å². The van der Waals surface area contributed by atoms with Crippen molar-refractivity contribution in [2.45, 2.75) is 45.1 Å². The minimum absolute atomic E-state index is 0.184. The summed E-state index contributed by atoms with van der Waals surface area (Å²) < 4.78 is 32.6. The van der Waals surface area contributed by atoms with Gasteiger partial charge in [0, 0.05) is 11.1 Å². The van der Waals surface area contributed by atoms with Crippen LogP contribution in [0.3, 0.4) is 0 Å². The molecule has 7 nitrogen and oxygen atoms in total. The molecule has 1 heterocycles. The average Bonchev–Trinajstić information content (AvgIpc) is 3.16. The molecule has 0 saturated carbocycles. The molecule has 0 fully saturated rings. The molecule has 0 saturated heterocycles. The average molecular weight is 478 g/mol. The van der Waals surface area contributed by atoms with Crippen LogP contribution in [-0.2, 0) is 14.8 Å². The van der Waals surface area contributed by atoms with Crippen LogP contribution in [0.25, 0.3) is 22.0 Å². The topological polar surface area (TPSA) is 90.3 Å². The summed E-state index contributed by atoms with van der Waals surface area (Å²) in [4.78, 5) is 12.4. The molecule has 3 aromatic carbocycles. The summed E-state index contributed by atoms with van der Waals surface area (Å²) >= 11 is 0. The van der Waals surface area contributed by atoms with E-state index in [1.807, 2.05) is 65.0 Å². The molecule has 0 aliphatic heterocycles. The highest BCUT2D eigenvalue weighted by Crippen LogP contribution is 2.29. The number of nitrogens with one attached hydrogen (secondary N) is 1. The first-order valence-electron chi connectivity index (χ1n) is 10.8. The standard InChI is InChI=1S/C26H27N3O4S/c1-17-6-9-23(10-7-17)34(31,32)29-24-11-8-19(14-21(24)16-27-29)20-12-18(2)13-22(15-20)28-25(30)33-26(3,4)5/h6-16H,1-5H3,(H,28,30). The number of aryl methyl sites for hydroxylation is 2. The van der Waals surface area contributed by atoms with Crippen molar-refractivity contribution < 1.29 is 17.9 Å². The van der Waals surface area contributed by atoms with Crippen molar-refractivity contribution >= 4 is 32.7 Å². The lowest BCUT2D eigenvalue weighted by Gasteiger charge is -2.20. The van der Waals surface area contributed by atoms with Crippen LogP contribution in [0.1, 0.15) is 31.9 Å². The van der Waals surface area contributed by atoms with Gasteiger partial charge in [-0.2, -0.15) is 17.6 Å². The second-order valence-corrected chi connectivity index (χ2v) is 11.1. The number of hydrogen-bond acceptors (Lipinski definition) is 5. The van der Waals surface area contributed by atoms with Gasteiger partial charge in [0.25, 0.3) is 10.0 Å². The van der Waals surface area contributed by atoms with Crippen molar-refractivity contribution in [2.24, 2.45) is 0 Å². The highest BCUT2D eigenvalue weighted by atomic mass is 32.2. The third kappa shape index (κ3) is 4.97. The molecule has 8 heteroatoms. The minimum atomic E-state index is -3.81. The lowest BCUT2D eigenvalue weighted by Crippen LogP contribution is -2.27. The Morgan fingerprint density at radius 1 is 0.912 bits per heavy atom. The van der Waals surface area contributed by atoms with E-state index in [1.54, 1.807) is 36.5 Å². The highest BCUT2D eigenvalue weighted by Gasteiger charge is 2.21. The number of aromatic nitrogens is 2. The lowest BCUT2D eigenvalue weighted by molar-refractivity contribution is 0.0636. The molecule has 34 heavy (non-hydrogen) atoms. The molecule has 0 spiro atoms. The SMILES string of the molecule is Cc1ccc(S(=O)(=O)n2ncc3cc(-c4cc(C)cc(NC(=O)OC(C)(C)C)c4)ccc32)cc1. The van der Waals surface area contributed by atoms with E-state index < -0.39 is 21.7 Å². The van der Waals surface area contributed by atoms with E-state index >= 15 is 0 Å². The first kappa shape index (κ1) is 23.5. The fraction of sp³-hybridized carbons (Fsp3) is 0.231. The monoisotopic (exact) mass is 477 g/mol. The summed E-state index contributed by atoms with van der Waals surface area (Å²) in [5.41, 5.74) is 4.19. The Labute approximate surface area is 199 Å². The Morgan fingerprint density at radius 2 is 1.62 bits per heavy atom. The third-order valence-electron chi connectivity index (χ3n) is 5.14. The van der Waals surface area contributed by atoms with Crippen LogP contribution >= 0.6 is 0 Å². The molecular weight excluding hydrogens is 450 g/mol. The minimum Gasteiger partial charge on any atom is -0.444 e. The van der Waals surface area contributed by atoms with Gasteiger partial charge >= 0.3 is 6.09 Å². The summed E-state index contributed by atoms with van der Waals surface area (Å²) in [5.74, 6) is 0. The highest BCUT2D eigenvalue weighted by molar-refractivity contribution is 7.90. The smallest absolute Gasteiger partial charge is 0.412 e. The largest absolute Gasteiger partial charge is 0.444 e. The van der Waals surface area contributed by atoms with Crippen LogP contribution in [0.5, 0.6) is 0 Å². The molecule has 0 aliphatic rings. The van der Waals surface area contributed by atoms with Crippen LogP contribution in [0, 0.1) is 13.8 Å². The van der Waals surface area contributed by atoms with Gasteiger partial charge in [-0.15, -0.1) is 0 Å². The van der Waals surface area contributed by atoms with Crippen molar-refractivity contribution in [2.75, 3.05) is 5.32 Å². The van der Waals surface area contributed by atoms with Crippen molar-refractivity contribution in [1.29, 1.82) is 0 Å². The zero-order valence-electron chi connectivity index (χ0n) is 19.8. The molecule has 0 unspecified atom stereocenters. The number of benzene rings is 3. The van der Waals surface area contributed by atoms with Gasteiger partial charge in [0.15, 0.2) is 0 Å². The summed E-state index contributed by atoms with van der Waals surface area (Å²) in [7, 11) is -3.81. The van der Waals surface area contributed by atoms with E-state index in [1.165, 1.54) is 0 Å². The van der Waals surface area contributed by atoms with Gasteiger partial charge in [-0.1, -0.05) is 29.8 Å². The number of nitrogens with zero attached hydrogens (tertiary/aromatic N) is 2. The second kappa shape index (κ2) is 8.61. The fourth-order valence-electron chi connectivity index (χ4n) is 3.63. The molecule has 0 aliphatic carbocycles. The maximum atomic E-state index is 13.1. The second-order valence-electron chi connectivity index (χ2n) is 9.29. The number of fused-ring (bicyclic) bond motifs is 1. The summed E-state index contributed by atoms with van der Waals surface area (Å²) in [6.45, 7) is 9.27. The third-order valence-corrected chi connectivity index (χ3v) is 6.75. The van der Waals surface area contributed by atoms with Gasteiger partial charge < -0.3 is 4.74 Å². The van der Waals surface area contributed by atoms with E-state index in [-0.39, 0.29) is 4.90 Å². The Bertz CT molecular complexity index is 1480. The predicted octanol–water partition coefficient (Wildman–Crippen LogP) is 5.90. The molecule has 0 radical (unpaired) electrons. The zero-order chi connectivity index (χ0) is 24.7. The number of ether oxygens (including phenoxy) is 1. The number of rotatable bonds is 4. The first-order chi connectivity index (χ1) is 15.9. The predicted molar refractivity (Wildman–Crippen MR) is 134 cm³/mol. The van der Waals surface area contributed by atoms with Gasteiger partial charge in [-0.25, -0.2) is 4.79 Å². The van der Waals surface area contributed by atoms with Crippen LogP contribution in [0.2, 0.25) is 0 Å². The quantitative estimate of drug-likeness (QED) is 0.395. The van der Waals surface area contributed by atoms with Gasteiger partial charge in [0.2, 0.25) is 0 Å². The summed E-state index contributed by atoms with van der Waals surface area (Å²) in [6, 6.07) is 17.9. The summed E-state index contributed by atoms with van der Waals surface area (Å²) in [6.07, 6.45) is 1.02. The number of carbonyl (C=O) groups excluding carboxylic acids is 1. The number of hydrogen-bond donors (Lipinski definition) is 1. The lowest BCUT2D eigenvalue weighted by atomic mass is 10.0. The Morgan fingerprint density at radius 3 is 2.29 bits per heavy atom. The van der Waals surface area contributed by atoms with E-state index in [9.17, 15) is 13.2 Å². The number of amides is 1. The van der Waals surface area contributed by atoms with Crippen molar-refractivity contribution in [3.05, 3.63) is 78.0 Å². The number of carbonyl (C=O) groups is 1. The van der Waals surface area contributed by atoms with Crippen molar-refractivity contribution in [3.63, 3.8) is 0 Å². The van der Waals surface area contributed by atoms with Crippen molar-refractivity contribution in [3.8, 4) is 11.1 Å². The maximum Gasteiger partial charge on any atom is 0.412 e. The Balaban J connectivity index is 1.67. The van der Waals surface area contributed by atoms with E-state index in [0.717, 1.165) is 26.3 Å². The van der Waals surface area contributed by atoms with Gasteiger partial charge in [-0.05, 0) is 87.7 Å². The zero-order valence-corrected chi connectivity index (χ0v) is 20.6. The fourth-order valence-corrected chi connectivity index (χ4v) is 4.91. The maximum absolute atomic E-state index is 13.1. The van der Waals surface area contributed by atoms with Crippen molar-refractivity contribution in [1.82, 2.24) is 9.19 Å². The molecule has 4 aromatic rings. The normalized spacial score (nSPS) is 12.0. The van der Waals surface area contributed by atoms with E-state index in [2.05, 4.69) is 10.4 Å². The van der Waals surface area contributed by atoms with Crippen LogP contribution in [0.15, 0.2) is 71.8 Å². The molecule has 1 N–H and O–H groups in total. The molecule has 1 amide bonds. The molecule has 4 rings (SSSR count). The molecular formula is C26H27N3O4S. The van der Waals surface area contributed by atoms with Crippen LogP contribution < -0.4 is 5.32 Å². The van der Waals surface area contributed by atoms with Crippen LogP contribution in [0.4, 0.5) is 10.5 Å². The van der Waals surface area contributed by atoms with Gasteiger partial charge in [0.1, 0.15) is 5.60 Å². The molecule has 0 atom stereocenters.